The molecule has 24 heavy (non-hydrogen) atoms. The molecule has 0 radical (unpaired) electrons. The van der Waals surface area contributed by atoms with Gasteiger partial charge in [0, 0.05) is 16.9 Å². The Kier molecular flexibility index (Phi) is 8.09. The Morgan fingerprint density at radius 2 is 1.54 bits per heavy atom. The molecule has 1 rings (SSSR count). The normalized spacial score (nSPS) is 11.5. The van der Waals surface area contributed by atoms with Crippen LogP contribution < -0.4 is 11.5 Å². The van der Waals surface area contributed by atoms with Gasteiger partial charge >= 0.3 is 5.97 Å². The molecule has 0 aliphatic rings. The van der Waals surface area contributed by atoms with Crippen LogP contribution in [0.4, 0.5) is 11.4 Å². The number of nitrogens with two attached hydrogens (primary N) is 2. The van der Waals surface area contributed by atoms with Gasteiger partial charge in [0.25, 0.3) is 0 Å². The van der Waals surface area contributed by atoms with Crippen molar-refractivity contribution in [1.82, 2.24) is 0 Å². The maximum atomic E-state index is 12.2. The number of hydrogen-bond donors (Lipinski definition) is 2. The number of unbranched alkanes of at least 4 members (excludes halogenated alkanes) is 5. The van der Waals surface area contributed by atoms with Gasteiger partial charge in [-0.15, -0.1) is 0 Å². The third kappa shape index (κ3) is 5.73. The van der Waals surface area contributed by atoms with Crippen molar-refractivity contribution in [3.05, 3.63) is 23.3 Å². The summed E-state index contributed by atoms with van der Waals surface area (Å²) in [5, 5.41) is 0. The number of esters is 1. The zero-order valence-electron chi connectivity index (χ0n) is 15.8. The first-order valence-electron chi connectivity index (χ1n) is 9.20. The first-order chi connectivity index (χ1) is 11.3. The predicted octanol–water partition coefficient (Wildman–Crippen LogP) is 5.06. The van der Waals surface area contributed by atoms with Gasteiger partial charge in [0.15, 0.2) is 0 Å². The third-order valence-corrected chi connectivity index (χ3v) is 4.73. The number of nitrogen functional groups attached to an aromatic ring is 2. The van der Waals surface area contributed by atoms with Crippen LogP contribution in [0.1, 0.15) is 88.6 Å². The smallest absolute Gasteiger partial charge is 0.338 e. The third-order valence-electron chi connectivity index (χ3n) is 4.73. The summed E-state index contributed by atoms with van der Waals surface area (Å²) in [4.78, 5) is 12.2. The predicted molar refractivity (Wildman–Crippen MR) is 102 cm³/mol. The van der Waals surface area contributed by atoms with Gasteiger partial charge in [-0.2, -0.15) is 0 Å². The van der Waals surface area contributed by atoms with Gasteiger partial charge in [0.1, 0.15) is 0 Å². The van der Waals surface area contributed by atoms with Crippen molar-refractivity contribution in [2.75, 3.05) is 18.1 Å². The molecule has 0 heterocycles. The molecule has 4 nitrogen and oxygen atoms in total. The summed E-state index contributed by atoms with van der Waals surface area (Å²) >= 11 is 0. The summed E-state index contributed by atoms with van der Waals surface area (Å²) < 4.78 is 5.35. The van der Waals surface area contributed by atoms with E-state index in [1.165, 1.54) is 25.7 Å². The van der Waals surface area contributed by atoms with Crippen molar-refractivity contribution in [2.24, 2.45) is 0 Å². The van der Waals surface area contributed by atoms with E-state index in [1.54, 1.807) is 12.1 Å². The average Bonchev–Trinajstić information content (AvgIpc) is 2.52. The lowest BCUT2D eigenvalue weighted by molar-refractivity contribution is 0.0497. The second-order valence-electron chi connectivity index (χ2n) is 7.17. The molecule has 1 aromatic carbocycles. The molecule has 4 heteroatoms. The fourth-order valence-electron chi connectivity index (χ4n) is 2.89. The van der Waals surface area contributed by atoms with E-state index in [9.17, 15) is 4.79 Å². The molecule has 0 saturated heterocycles. The van der Waals surface area contributed by atoms with Crippen molar-refractivity contribution < 1.29 is 9.53 Å². The second-order valence-corrected chi connectivity index (χ2v) is 7.17. The Labute approximate surface area is 146 Å². The number of rotatable bonds is 10. The fraction of sp³-hybridized carbons (Fsp3) is 0.650. The Hall–Kier alpha value is -1.71. The highest BCUT2D eigenvalue weighted by atomic mass is 16.5. The van der Waals surface area contributed by atoms with Crippen molar-refractivity contribution >= 4 is 17.3 Å². The maximum Gasteiger partial charge on any atom is 0.338 e. The quantitative estimate of drug-likeness (QED) is 0.356. The van der Waals surface area contributed by atoms with Crippen LogP contribution in [0.25, 0.3) is 0 Å². The summed E-state index contributed by atoms with van der Waals surface area (Å²) in [6.45, 7) is 8.96. The highest BCUT2D eigenvalue weighted by molar-refractivity contribution is 5.92. The molecule has 136 valence electrons. The van der Waals surface area contributed by atoms with Crippen LogP contribution >= 0.6 is 0 Å². The second kappa shape index (κ2) is 9.55. The molecule has 0 aromatic heterocycles. The summed E-state index contributed by atoms with van der Waals surface area (Å²) in [7, 11) is 0. The summed E-state index contributed by atoms with van der Waals surface area (Å²) in [5.41, 5.74) is 14.7. The summed E-state index contributed by atoms with van der Waals surface area (Å²) in [6, 6.07) is 3.37. The zero-order chi connectivity index (χ0) is 18.2. The van der Waals surface area contributed by atoms with Crippen LogP contribution in [0, 0.1) is 0 Å². The van der Waals surface area contributed by atoms with Gasteiger partial charge in [0.05, 0.1) is 12.2 Å². The molecule has 0 amide bonds. The van der Waals surface area contributed by atoms with Crippen LogP contribution in [-0.2, 0) is 10.2 Å². The number of carbonyl (C=O) groups is 1. The van der Waals surface area contributed by atoms with Gasteiger partial charge in [-0.25, -0.2) is 4.79 Å². The number of benzene rings is 1. The molecular formula is C20H34N2O2. The van der Waals surface area contributed by atoms with E-state index in [4.69, 9.17) is 16.2 Å². The summed E-state index contributed by atoms with van der Waals surface area (Å²) in [5.74, 6) is -0.345. The Balaban J connectivity index is 2.60. The van der Waals surface area contributed by atoms with Crippen molar-refractivity contribution in [1.29, 1.82) is 0 Å². The molecule has 1 aromatic rings. The van der Waals surface area contributed by atoms with E-state index in [2.05, 4.69) is 27.7 Å². The van der Waals surface area contributed by atoms with E-state index >= 15 is 0 Å². The molecular weight excluding hydrogens is 300 g/mol. The van der Waals surface area contributed by atoms with Crippen LogP contribution in [0.15, 0.2) is 12.1 Å². The van der Waals surface area contributed by atoms with E-state index < -0.39 is 0 Å². The fourth-order valence-corrected chi connectivity index (χ4v) is 2.89. The Bertz CT molecular complexity index is 515. The molecule has 0 aliphatic carbocycles. The minimum atomic E-state index is -0.345. The minimum absolute atomic E-state index is 0.116. The monoisotopic (exact) mass is 334 g/mol. The maximum absolute atomic E-state index is 12.2. The lowest BCUT2D eigenvalue weighted by atomic mass is 9.80. The number of anilines is 2. The standard InChI is InChI=1S/C20H34N2O2/c1-5-7-8-9-10-11-12-24-19(23)15-13-16(21)18(17(22)14-15)20(3,4)6-2/h13-14H,5-12,21-22H2,1-4H3. The Morgan fingerprint density at radius 3 is 2.08 bits per heavy atom. The molecule has 0 fully saturated rings. The lowest BCUT2D eigenvalue weighted by Crippen LogP contribution is -2.21. The van der Waals surface area contributed by atoms with E-state index in [1.807, 2.05) is 0 Å². The molecule has 0 aliphatic heterocycles. The number of ether oxygens (including phenoxy) is 1. The SMILES string of the molecule is CCCCCCCCOC(=O)c1cc(N)c(C(C)(C)CC)c(N)c1. The Morgan fingerprint density at radius 1 is 1.00 bits per heavy atom. The van der Waals surface area contributed by atoms with Crippen molar-refractivity contribution in [2.45, 2.75) is 78.1 Å². The number of hydrogen-bond acceptors (Lipinski definition) is 4. The molecule has 4 N–H and O–H groups in total. The average molecular weight is 335 g/mol. The number of carbonyl (C=O) groups excluding carboxylic acids is 1. The minimum Gasteiger partial charge on any atom is -0.462 e. The van der Waals surface area contributed by atoms with E-state index in [0.29, 0.717) is 23.5 Å². The van der Waals surface area contributed by atoms with E-state index in [0.717, 1.165) is 24.8 Å². The van der Waals surface area contributed by atoms with Crippen LogP contribution in [0.5, 0.6) is 0 Å². The lowest BCUT2D eigenvalue weighted by Gasteiger charge is -2.27. The first kappa shape index (κ1) is 20.3. The van der Waals surface area contributed by atoms with Crippen molar-refractivity contribution in [3.63, 3.8) is 0 Å². The summed E-state index contributed by atoms with van der Waals surface area (Å²) in [6.07, 6.45) is 7.89. The van der Waals surface area contributed by atoms with Gasteiger partial charge in [-0.3, -0.25) is 0 Å². The zero-order valence-corrected chi connectivity index (χ0v) is 15.8. The molecule has 0 bridgehead atoms. The van der Waals surface area contributed by atoms with Crippen LogP contribution in [-0.4, -0.2) is 12.6 Å². The van der Waals surface area contributed by atoms with Gasteiger partial charge in [-0.1, -0.05) is 59.8 Å². The molecule has 0 saturated carbocycles. The van der Waals surface area contributed by atoms with Gasteiger partial charge in [-0.05, 0) is 30.4 Å². The van der Waals surface area contributed by atoms with Gasteiger partial charge in [0.2, 0.25) is 0 Å². The molecule has 0 unspecified atom stereocenters. The largest absolute Gasteiger partial charge is 0.462 e. The van der Waals surface area contributed by atoms with Crippen LogP contribution in [0.3, 0.4) is 0 Å². The van der Waals surface area contributed by atoms with Gasteiger partial charge < -0.3 is 16.2 Å². The topological polar surface area (TPSA) is 78.3 Å². The highest BCUT2D eigenvalue weighted by Crippen LogP contribution is 2.36. The van der Waals surface area contributed by atoms with Crippen molar-refractivity contribution in [3.8, 4) is 0 Å². The van der Waals surface area contributed by atoms with E-state index in [-0.39, 0.29) is 11.4 Å². The van der Waals surface area contributed by atoms with Crippen LogP contribution in [0.2, 0.25) is 0 Å². The first-order valence-corrected chi connectivity index (χ1v) is 9.20. The molecule has 0 atom stereocenters. The molecule has 0 spiro atoms. The highest BCUT2D eigenvalue weighted by Gasteiger charge is 2.25.